The number of hydrogen-bond acceptors (Lipinski definition) is 4. The number of aryl methyl sites for hydroxylation is 1. The smallest absolute Gasteiger partial charge is 0.243 e. The van der Waals surface area contributed by atoms with Gasteiger partial charge in [-0.2, -0.15) is 4.31 Å². The molecule has 1 aromatic rings. The van der Waals surface area contributed by atoms with Crippen molar-refractivity contribution in [3.05, 3.63) is 23.8 Å². The van der Waals surface area contributed by atoms with Crippen molar-refractivity contribution < 1.29 is 13.2 Å². The predicted octanol–water partition coefficient (Wildman–Crippen LogP) is 2.30. The van der Waals surface area contributed by atoms with E-state index in [9.17, 15) is 13.2 Å². The van der Waals surface area contributed by atoms with Gasteiger partial charge in [-0.1, -0.05) is 19.9 Å². The minimum absolute atomic E-state index is 0.166. The molecule has 0 aliphatic carbocycles. The lowest BCUT2D eigenvalue weighted by Gasteiger charge is -2.21. The van der Waals surface area contributed by atoms with Gasteiger partial charge in [-0.25, -0.2) is 8.42 Å². The summed E-state index contributed by atoms with van der Waals surface area (Å²) in [6.45, 7) is 10.5. The highest BCUT2D eigenvalue weighted by Gasteiger charge is 2.24. The normalized spacial score (nSPS) is 12.2. The first kappa shape index (κ1) is 20.6. The molecule has 1 rings (SSSR count). The summed E-state index contributed by atoms with van der Waals surface area (Å²) >= 11 is 0. The Hall–Kier alpha value is -1.44. The highest BCUT2D eigenvalue weighted by atomic mass is 32.2. The van der Waals surface area contributed by atoms with Gasteiger partial charge in [0.2, 0.25) is 15.9 Å². The van der Waals surface area contributed by atoms with E-state index in [1.807, 2.05) is 39.6 Å². The molecule has 6 nitrogen and oxygen atoms in total. The maximum absolute atomic E-state index is 12.7. The molecule has 0 unspecified atom stereocenters. The van der Waals surface area contributed by atoms with E-state index >= 15 is 0 Å². The van der Waals surface area contributed by atoms with Crippen LogP contribution in [0.2, 0.25) is 0 Å². The van der Waals surface area contributed by atoms with Gasteiger partial charge in [0.15, 0.2) is 0 Å². The maximum Gasteiger partial charge on any atom is 0.243 e. The standard InChI is InChI=1S/C17H29N3O3S/c1-7-20(8-2)24(22,23)16-11-15(10-9-14(16)5)18-17(21)12-19(6)13(3)4/h9-11,13H,7-8,12H2,1-6H3,(H,18,21). The third-order valence-electron chi connectivity index (χ3n) is 4.07. The molecule has 0 spiro atoms. The summed E-state index contributed by atoms with van der Waals surface area (Å²) in [6, 6.07) is 5.24. The van der Waals surface area contributed by atoms with E-state index in [-0.39, 0.29) is 23.4 Å². The van der Waals surface area contributed by atoms with Crippen LogP contribution < -0.4 is 5.32 Å². The summed E-state index contributed by atoms with van der Waals surface area (Å²) in [5.41, 5.74) is 1.16. The average Bonchev–Trinajstić information content (AvgIpc) is 2.49. The SMILES string of the molecule is CCN(CC)S(=O)(=O)c1cc(NC(=O)CN(C)C(C)C)ccc1C. The number of nitrogens with zero attached hydrogens (tertiary/aromatic N) is 2. The molecule has 1 aromatic carbocycles. The lowest BCUT2D eigenvalue weighted by atomic mass is 10.2. The van der Waals surface area contributed by atoms with Crippen LogP contribution in [0, 0.1) is 6.92 Å². The number of sulfonamides is 1. The van der Waals surface area contributed by atoms with Crippen LogP contribution in [0.1, 0.15) is 33.3 Å². The van der Waals surface area contributed by atoms with Crippen molar-refractivity contribution in [2.75, 3.05) is 32.0 Å². The maximum atomic E-state index is 12.7. The summed E-state index contributed by atoms with van der Waals surface area (Å²) in [7, 11) is -1.68. The minimum atomic E-state index is -3.56. The third-order valence-corrected chi connectivity index (χ3v) is 6.26. The molecule has 136 valence electrons. The van der Waals surface area contributed by atoms with E-state index in [0.717, 1.165) is 0 Å². The van der Waals surface area contributed by atoms with Gasteiger partial charge in [0.25, 0.3) is 0 Å². The number of rotatable bonds is 8. The minimum Gasteiger partial charge on any atom is -0.325 e. The molecule has 0 aromatic heterocycles. The summed E-state index contributed by atoms with van der Waals surface area (Å²) in [5.74, 6) is -0.166. The molecule has 0 bridgehead atoms. The number of benzene rings is 1. The summed E-state index contributed by atoms with van der Waals surface area (Å²) in [4.78, 5) is 14.3. The second-order valence-electron chi connectivity index (χ2n) is 6.13. The molecule has 0 fully saturated rings. The Morgan fingerprint density at radius 3 is 2.29 bits per heavy atom. The second kappa shape index (κ2) is 8.60. The first-order valence-electron chi connectivity index (χ1n) is 8.24. The average molecular weight is 356 g/mol. The summed E-state index contributed by atoms with van der Waals surface area (Å²) in [6.07, 6.45) is 0. The van der Waals surface area contributed by atoms with E-state index in [1.54, 1.807) is 19.1 Å². The third kappa shape index (κ3) is 5.03. The van der Waals surface area contributed by atoms with Gasteiger partial charge in [0, 0.05) is 24.8 Å². The van der Waals surface area contributed by atoms with Crippen molar-refractivity contribution in [2.24, 2.45) is 0 Å². The molecule has 0 saturated carbocycles. The van der Waals surface area contributed by atoms with Crippen LogP contribution >= 0.6 is 0 Å². The molecule has 24 heavy (non-hydrogen) atoms. The lowest BCUT2D eigenvalue weighted by molar-refractivity contribution is -0.117. The van der Waals surface area contributed by atoms with Crippen LogP contribution in [0.25, 0.3) is 0 Å². The van der Waals surface area contributed by atoms with Crippen molar-refractivity contribution in [2.45, 2.75) is 45.6 Å². The molecule has 0 heterocycles. The van der Waals surface area contributed by atoms with Crippen molar-refractivity contribution in [1.29, 1.82) is 0 Å². The number of carbonyl (C=O) groups is 1. The number of carbonyl (C=O) groups excluding carboxylic acids is 1. The van der Waals surface area contributed by atoms with Crippen molar-refractivity contribution in [3.8, 4) is 0 Å². The predicted molar refractivity (Wildman–Crippen MR) is 97.7 cm³/mol. The molecule has 0 aliphatic rings. The molecule has 0 radical (unpaired) electrons. The van der Waals surface area contributed by atoms with Crippen molar-refractivity contribution >= 4 is 21.6 Å². The zero-order valence-electron chi connectivity index (χ0n) is 15.5. The molecule has 1 amide bonds. The zero-order valence-corrected chi connectivity index (χ0v) is 16.3. The van der Waals surface area contributed by atoms with Crippen LogP contribution in [-0.4, -0.2) is 56.3 Å². The molecule has 0 atom stereocenters. The van der Waals surface area contributed by atoms with Crippen LogP contribution in [-0.2, 0) is 14.8 Å². The molecule has 1 N–H and O–H groups in total. The second-order valence-corrected chi connectivity index (χ2v) is 8.03. The van der Waals surface area contributed by atoms with Crippen molar-refractivity contribution in [3.63, 3.8) is 0 Å². The molecule has 0 saturated heterocycles. The fourth-order valence-corrected chi connectivity index (χ4v) is 3.98. The van der Waals surface area contributed by atoms with Gasteiger partial charge in [-0.15, -0.1) is 0 Å². The Balaban J connectivity index is 3.04. The highest BCUT2D eigenvalue weighted by molar-refractivity contribution is 7.89. The Morgan fingerprint density at radius 1 is 1.21 bits per heavy atom. The molecule has 0 aliphatic heterocycles. The molecular formula is C17H29N3O3S. The molecular weight excluding hydrogens is 326 g/mol. The van der Waals surface area contributed by atoms with E-state index < -0.39 is 10.0 Å². The van der Waals surface area contributed by atoms with Gasteiger partial charge >= 0.3 is 0 Å². The summed E-state index contributed by atoms with van der Waals surface area (Å²) < 4.78 is 26.9. The van der Waals surface area contributed by atoms with E-state index in [4.69, 9.17) is 0 Å². The fraction of sp³-hybridized carbons (Fsp3) is 0.588. The van der Waals surface area contributed by atoms with Crippen LogP contribution in [0.4, 0.5) is 5.69 Å². The van der Waals surface area contributed by atoms with E-state index in [0.29, 0.717) is 24.3 Å². The fourth-order valence-electron chi connectivity index (χ4n) is 2.27. The Kier molecular flexibility index (Phi) is 7.38. The van der Waals surface area contributed by atoms with Gasteiger partial charge in [0.05, 0.1) is 11.4 Å². The number of hydrogen-bond donors (Lipinski definition) is 1. The number of likely N-dealkylation sites (N-methyl/N-ethyl adjacent to an activating group) is 1. The summed E-state index contributed by atoms with van der Waals surface area (Å²) in [5, 5.41) is 2.78. The highest BCUT2D eigenvalue weighted by Crippen LogP contribution is 2.23. The van der Waals surface area contributed by atoms with E-state index in [1.165, 1.54) is 10.4 Å². The van der Waals surface area contributed by atoms with Crippen LogP contribution in [0.3, 0.4) is 0 Å². The topological polar surface area (TPSA) is 69.7 Å². The van der Waals surface area contributed by atoms with Gasteiger partial charge in [-0.05, 0) is 45.5 Å². The number of amides is 1. The van der Waals surface area contributed by atoms with E-state index in [2.05, 4.69) is 5.32 Å². The Morgan fingerprint density at radius 2 is 1.79 bits per heavy atom. The zero-order chi connectivity index (χ0) is 18.5. The van der Waals surface area contributed by atoms with Gasteiger partial charge in [-0.3, -0.25) is 9.69 Å². The number of anilines is 1. The first-order chi connectivity index (χ1) is 11.1. The largest absolute Gasteiger partial charge is 0.325 e. The van der Waals surface area contributed by atoms with Crippen LogP contribution in [0.5, 0.6) is 0 Å². The first-order valence-corrected chi connectivity index (χ1v) is 9.68. The van der Waals surface area contributed by atoms with Crippen molar-refractivity contribution in [1.82, 2.24) is 9.21 Å². The van der Waals surface area contributed by atoms with Gasteiger partial charge in [0.1, 0.15) is 0 Å². The Bertz CT molecular complexity index is 668. The monoisotopic (exact) mass is 355 g/mol. The van der Waals surface area contributed by atoms with Gasteiger partial charge < -0.3 is 5.32 Å². The molecule has 7 heteroatoms. The Labute approximate surface area is 145 Å². The number of nitrogens with one attached hydrogen (secondary N) is 1. The quantitative estimate of drug-likeness (QED) is 0.777. The lowest BCUT2D eigenvalue weighted by Crippen LogP contribution is -2.35. The van der Waals surface area contributed by atoms with Crippen LogP contribution in [0.15, 0.2) is 23.1 Å².